The molecule has 0 bridgehead atoms. The van der Waals surface area contributed by atoms with Gasteiger partial charge in [0.05, 0.1) is 19.0 Å². The van der Waals surface area contributed by atoms with Gasteiger partial charge in [0, 0.05) is 24.2 Å². The summed E-state index contributed by atoms with van der Waals surface area (Å²) in [6, 6.07) is 15.3. The Kier molecular flexibility index (Phi) is 7.18. The van der Waals surface area contributed by atoms with Crippen molar-refractivity contribution in [1.82, 2.24) is 9.97 Å². The van der Waals surface area contributed by atoms with Gasteiger partial charge in [0.2, 0.25) is 5.95 Å². The number of aryl methyl sites for hydroxylation is 1. The number of methoxy groups -OCH3 is 1. The topological polar surface area (TPSA) is 109 Å². The number of para-hydroxylation sites is 1. The van der Waals surface area contributed by atoms with E-state index in [9.17, 15) is 4.79 Å². The maximum Gasteiger partial charge on any atom is 0.255 e. The van der Waals surface area contributed by atoms with Crippen molar-refractivity contribution in [2.75, 3.05) is 19.1 Å². The highest BCUT2D eigenvalue weighted by Gasteiger charge is 2.10. The zero-order chi connectivity index (χ0) is 21.3. The molecular weight excluding hydrogens is 384 g/mol. The highest BCUT2D eigenvalue weighted by molar-refractivity contribution is 5.85. The van der Waals surface area contributed by atoms with Crippen molar-refractivity contribution < 1.29 is 14.6 Å². The number of aliphatic hydroxyl groups is 1. The molecule has 3 N–H and O–H groups in total. The van der Waals surface area contributed by atoms with Crippen LogP contribution < -0.4 is 20.5 Å². The number of nitrogens with zero attached hydrogens (tertiary/aromatic N) is 2. The van der Waals surface area contributed by atoms with E-state index in [2.05, 4.69) is 20.5 Å². The third-order valence-electron chi connectivity index (χ3n) is 4.41. The molecule has 0 aliphatic rings. The summed E-state index contributed by atoms with van der Waals surface area (Å²) in [5, 5.41) is 13.2. The predicted octanol–water partition coefficient (Wildman–Crippen LogP) is 2.65. The summed E-state index contributed by atoms with van der Waals surface area (Å²) in [4.78, 5) is 19.0. The maximum absolute atomic E-state index is 12.1. The number of hydrogen-bond donors (Lipinski definition) is 3. The van der Waals surface area contributed by atoms with Crippen molar-refractivity contribution >= 4 is 12.2 Å². The quantitative estimate of drug-likeness (QED) is 0.371. The minimum absolute atomic E-state index is 0.113. The smallest absolute Gasteiger partial charge is 0.255 e. The summed E-state index contributed by atoms with van der Waals surface area (Å²) in [7, 11) is 1.58. The zero-order valence-corrected chi connectivity index (χ0v) is 16.9. The SMILES string of the molecule is COc1cccc(/C=N\Nc2nc(C)c(CCO)c(=O)[nH]2)c1OCc1ccccc1. The Hall–Kier alpha value is -3.65. The van der Waals surface area contributed by atoms with E-state index in [1.54, 1.807) is 20.2 Å². The summed E-state index contributed by atoms with van der Waals surface area (Å²) in [6.07, 6.45) is 1.82. The van der Waals surface area contributed by atoms with Crippen LogP contribution in [0, 0.1) is 6.92 Å². The lowest BCUT2D eigenvalue weighted by molar-refractivity contribution is 0.284. The van der Waals surface area contributed by atoms with Crippen LogP contribution in [-0.4, -0.2) is 35.0 Å². The first-order chi connectivity index (χ1) is 14.6. The maximum atomic E-state index is 12.1. The first-order valence-electron chi connectivity index (χ1n) is 9.46. The van der Waals surface area contributed by atoms with Gasteiger partial charge in [-0.2, -0.15) is 5.10 Å². The molecule has 8 heteroatoms. The summed E-state index contributed by atoms with van der Waals surface area (Å²) in [6.45, 7) is 1.99. The molecule has 3 rings (SSSR count). The monoisotopic (exact) mass is 408 g/mol. The van der Waals surface area contributed by atoms with E-state index in [0.717, 1.165) is 5.56 Å². The third kappa shape index (κ3) is 5.24. The number of rotatable bonds is 9. The summed E-state index contributed by atoms with van der Waals surface area (Å²) in [5.41, 5.74) is 5.15. The first-order valence-corrected chi connectivity index (χ1v) is 9.46. The van der Waals surface area contributed by atoms with Crippen molar-refractivity contribution in [3.63, 3.8) is 0 Å². The van der Waals surface area contributed by atoms with E-state index in [1.165, 1.54) is 0 Å². The van der Waals surface area contributed by atoms with Gasteiger partial charge in [0.15, 0.2) is 11.5 Å². The number of hydrogen-bond acceptors (Lipinski definition) is 7. The Balaban J connectivity index is 1.77. The number of aliphatic hydroxyl groups excluding tert-OH is 1. The average molecular weight is 408 g/mol. The molecule has 0 unspecified atom stereocenters. The van der Waals surface area contributed by atoms with Gasteiger partial charge in [-0.1, -0.05) is 36.4 Å². The second-order valence-electron chi connectivity index (χ2n) is 6.48. The van der Waals surface area contributed by atoms with Crippen molar-refractivity contribution in [1.29, 1.82) is 0 Å². The lowest BCUT2D eigenvalue weighted by Crippen LogP contribution is -2.19. The number of benzene rings is 2. The molecule has 8 nitrogen and oxygen atoms in total. The fourth-order valence-electron chi connectivity index (χ4n) is 2.91. The van der Waals surface area contributed by atoms with Crippen LogP contribution in [0.15, 0.2) is 58.4 Å². The summed E-state index contributed by atoms with van der Waals surface area (Å²) in [5.74, 6) is 1.36. The molecule has 0 saturated carbocycles. The second kappa shape index (κ2) is 10.2. The fraction of sp³-hybridized carbons (Fsp3) is 0.227. The number of hydrazone groups is 1. The molecule has 0 amide bonds. The molecule has 0 saturated heterocycles. The lowest BCUT2D eigenvalue weighted by Gasteiger charge is -2.13. The van der Waals surface area contributed by atoms with Crippen LogP contribution in [0.4, 0.5) is 5.95 Å². The zero-order valence-electron chi connectivity index (χ0n) is 16.9. The molecule has 0 aliphatic heterocycles. The number of nitrogens with one attached hydrogen (secondary N) is 2. The van der Waals surface area contributed by atoms with Crippen molar-refractivity contribution in [2.24, 2.45) is 5.10 Å². The van der Waals surface area contributed by atoms with Crippen LogP contribution in [-0.2, 0) is 13.0 Å². The lowest BCUT2D eigenvalue weighted by atomic mass is 10.2. The normalized spacial score (nSPS) is 10.9. The molecule has 2 aromatic carbocycles. The van der Waals surface area contributed by atoms with Crippen molar-refractivity contribution in [3.8, 4) is 11.5 Å². The highest BCUT2D eigenvalue weighted by Crippen LogP contribution is 2.30. The molecule has 1 aromatic heterocycles. The summed E-state index contributed by atoms with van der Waals surface area (Å²) < 4.78 is 11.4. The molecule has 0 atom stereocenters. The average Bonchev–Trinajstić information content (AvgIpc) is 2.76. The van der Waals surface area contributed by atoms with E-state index in [-0.39, 0.29) is 24.5 Å². The van der Waals surface area contributed by atoms with E-state index in [0.29, 0.717) is 34.9 Å². The Labute approximate surface area is 174 Å². The number of aromatic nitrogens is 2. The van der Waals surface area contributed by atoms with Crippen LogP contribution in [0.25, 0.3) is 0 Å². The van der Waals surface area contributed by atoms with Crippen molar-refractivity contribution in [2.45, 2.75) is 20.0 Å². The van der Waals surface area contributed by atoms with Gasteiger partial charge in [-0.3, -0.25) is 9.78 Å². The number of anilines is 1. The Morgan fingerprint density at radius 2 is 2.00 bits per heavy atom. The molecule has 1 heterocycles. The van der Waals surface area contributed by atoms with E-state index >= 15 is 0 Å². The molecule has 0 aliphatic carbocycles. The van der Waals surface area contributed by atoms with Crippen molar-refractivity contribution in [3.05, 3.63) is 81.3 Å². The van der Waals surface area contributed by atoms with Crippen LogP contribution in [0.1, 0.15) is 22.4 Å². The molecule has 3 aromatic rings. The predicted molar refractivity (Wildman–Crippen MR) is 115 cm³/mol. The van der Waals surface area contributed by atoms with Gasteiger partial charge in [-0.15, -0.1) is 0 Å². The van der Waals surface area contributed by atoms with Crippen LogP contribution in [0.3, 0.4) is 0 Å². The van der Waals surface area contributed by atoms with Gasteiger partial charge < -0.3 is 14.6 Å². The van der Waals surface area contributed by atoms with Crippen LogP contribution in [0.5, 0.6) is 11.5 Å². The number of H-pyrrole nitrogens is 1. The molecule has 0 spiro atoms. The molecule has 0 fully saturated rings. The van der Waals surface area contributed by atoms with Gasteiger partial charge in [-0.25, -0.2) is 10.4 Å². The fourth-order valence-corrected chi connectivity index (χ4v) is 2.91. The standard InChI is InChI=1S/C22H24N4O4/c1-15-18(11-12-27)21(28)25-22(24-15)26-23-13-17-9-6-10-19(29-2)20(17)30-14-16-7-4-3-5-8-16/h3-10,13,27H,11-12,14H2,1-2H3,(H2,24,25,26,28)/b23-13-. The molecule has 156 valence electrons. The Bertz CT molecular complexity index is 1060. The molecule has 30 heavy (non-hydrogen) atoms. The first kappa shape index (κ1) is 21.1. The Morgan fingerprint density at radius 3 is 2.70 bits per heavy atom. The van der Waals surface area contributed by atoms with E-state index in [4.69, 9.17) is 14.6 Å². The van der Waals surface area contributed by atoms with Gasteiger partial charge >= 0.3 is 0 Å². The van der Waals surface area contributed by atoms with Gasteiger partial charge in [0.1, 0.15) is 6.61 Å². The van der Waals surface area contributed by atoms with E-state index < -0.39 is 0 Å². The van der Waals surface area contributed by atoms with Gasteiger partial charge in [0.25, 0.3) is 5.56 Å². The number of aromatic amines is 1. The molecular formula is C22H24N4O4. The van der Waals surface area contributed by atoms with Crippen LogP contribution in [0.2, 0.25) is 0 Å². The number of ether oxygens (including phenoxy) is 2. The summed E-state index contributed by atoms with van der Waals surface area (Å²) >= 11 is 0. The largest absolute Gasteiger partial charge is 0.493 e. The molecule has 0 radical (unpaired) electrons. The third-order valence-corrected chi connectivity index (χ3v) is 4.41. The second-order valence-corrected chi connectivity index (χ2v) is 6.48. The van der Waals surface area contributed by atoms with E-state index in [1.807, 2.05) is 48.5 Å². The van der Waals surface area contributed by atoms with Gasteiger partial charge in [-0.05, 0) is 24.6 Å². The minimum Gasteiger partial charge on any atom is -0.493 e. The Morgan fingerprint density at radius 1 is 1.20 bits per heavy atom. The van der Waals surface area contributed by atoms with Crippen LogP contribution >= 0.6 is 0 Å². The highest BCUT2D eigenvalue weighted by atomic mass is 16.5. The minimum atomic E-state index is -0.303.